The van der Waals surface area contributed by atoms with Gasteiger partial charge in [-0.2, -0.15) is 23.5 Å². The summed E-state index contributed by atoms with van der Waals surface area (Å²) in [6.45, 7) is 1.24. The summed E-state index contributed by atoms with van der Waals surface area (Å²) >= 11 is 3.80. The van der Waals surface area contributed by atoms with Gasteiger partial charge in [0.1, 0.15) is 0 Å². The van der Waals surface area contributed by atoms with E-state index in [2.05, 4.69) is 43.0 Å². The molecule has 5 fully saturated rings. The molecule has 328 valence electrons. The van der Waals surface area contributed by atoms with Crippen LogP contribution in [0.3, 0.4) is 0 Å². The molecule has 6 unspecified atom stereocenters. The maximum absolute atomic E-state index is 11.9. The molecule has 0 radical (unpaired) electrons. The van der Waals surface area contributed by atoms with Gasteiger partial charge in [0.25, 0.3) is 11.8 Å². The zero-order valence-corrected chi connectivity index (χ0v) is 35.7. The molecule has 0 aromatic heterocycles. The minimum atomic E-state index is -0.590. The molecule has 5 aliphatic heterocycles. The highest BCUT2D eigenvalue weighted by molar-refractivity contribution is 8.00. The lowest BCUT2D eigenvalue weighted by Crippen LogP contribution is -2.36. The normalized spacial score (nSPS) is 23.8. The van der Waals surface area contributed by atoms with Gasteiger partial charge >= 0.3 is 18.0 Å². The molecular weight excluding hydrogens is 791 g/mol. The Bertz CT molecular complexity index is 1380. The van der Waals surface area contributed by atoms with E-state index in [-0.39, 0.29) is 73.2 Å². The zero-order valence-electron chi connectivity index (χ0n) is 34.0. The molecule has 0 aromatic carbocycles. The number of carbonyl (C=O) groups excluding carboxylic acids is 8. The first kappa shape index (κ1) is 48.6. The monoisotopic (exact) mass is 855 g/mol. The Balaban J connectivity index is 0.000000304. The number of rotatable bonds is 23. The lowest BCUT2D eigenvalue weighted by Gasteiger charge is -2.16. The zero-order chi connectivity index (χ0) is 42.3. The van der Waals surface area contributed by atoms with E-state index in [1.807, 2.05) is 23.5 Å². The highest BCUT2D eigenvalue weighted by atomic mass is 32.2. The van der Waals surface area contributed by atoms with Crippen molar-refractivity contribution in [3.63, 3.8) is 0 Å². The Morgan fingerprint density at radius 3 is 1.52 bits per heavy atom. The first-order valence-corrected chi connectivity index (χ1v) is 22.9. The Morgan fingerprint density at radius 2 is 1.05 bits per heavy atom. The molecule has 6 atom stereocenters. The molecule has 0 bridgehead atoms. The van der Waals surface area contributed by atoms with E-state index in [1.54, 1.807) is 7.05 Å². The maximum atomic E-state index is 11.9. The number of hydrogen-bond acceptors (Lipinski definition) is 12. The predicted molar refractivity (Wildman–Crippen MR) is 222 cm³/mol. The summed E-state index contributed by atoms with van der Waals surface area (Å²) < 4.78 is 0. The smallest absolute Gasteiger partial charge is 0.333 e. The van der Waals surface area contributed by atoms with E-state index in [0.29, 0.717) is 54.3 Å². The molecule has 5 saturated heterocycles. The highest BCUT2D eigenvalue weighted by Crippen LogP contribution is 2.34. The number of amides is 9. The van der Waals surface area contributed by atoms with Crippen molar-refractivity contribution in [3.8, 4) is 0 Å². The van der Waals surface area contributed by atoms with Crippen molar-refractivity contribution in [2.24, 2.45) is 5.73 Å². The number of nitrogens with zero attached hydrogens (tertiary/aromatic N) is 1. The van der Waals surface area contributed by atoms with Gasteiger partial charge in [-0.1, -0.05) is 25.7 Å². The average Bonchev–Trinajstić information content (AvgIpc) is 4.03. The lowest BCUT2D eigenvalue weighted by atomic mass is 10.0. The van der Waals surface area contributed by atoms with Crippen LogP contribution in [0.15, 0.2) is 0 Å². The van der Waals surface area contributed by atoms with Gasteiger partial charge in [0, 0.05) is 80.7 Å². The van der Waals surface area contributed by atoms with Gasteiger partial charge in [-0.15, -0.1) is 5.06 Å². The van der Waals surface area contributed by atoms with Gasteiger partial charge in [-0.05, 0) is 58.4 Å². The molecule has 0 saturated carbocycles. The quantitative estimate of drug-likeness (QED) is 0.0415. The Labute approximate surface area is 350 Å². The van der Waals surface area contributed by atoms with Crippen LogP contribution in [0.4, 0.5) is 9.59 Å². The number of thioether (sulfide) groups is 2. The summed E-state index contributed by atoms with van der Waals surface area (Å²) in [7, 11) is 3.15. The Hall–Kier alpha value is -3.78. The lowest BCUT2D eigenvalue weighted by molar-refractivity contribution is -0.197. The number of hydrogen-bond donors (Lipinski definition) is 8. The molecule has 5 aliphatic rings. The fourth-order valence-corrected chi connectivity index (χ4v) is 10.4. The molecule has 9 amide bonds. The fraction of sp³-hybridized carbons (Fsp3) is 0.789. The van der Waals surface area contributed by atoms with Crippen molar-refractivity contribution in [2.45, 2.75) is 150 Å². The Morgan fingerprint density at radius 1 is 0.621 bits per heavy atom. The third kappa shape index (κ3) is 17.2. The van der Waals surface area contributed by atoms with E-state index < -0.39 is 17.8 Å². The van der Waals surface area contributed by atoms with E-state index in [1.165, 1.54) is 7.05 Å². The van der Waals surface area contributed by atoms with Crippen LogP contribution < -0.4 is 43.0 Å². The number of carbonyl (C=O) groups is 8. The van der Waals surface area contributed by atoms with Gasteiger partial charge in [-0.3, -0.25) is 24.0 Å². The van der Waals surface area contributed by atoms with Crippen LogP contribution in [0.5, 0.6) is 0 Å². The molecule has 5 rings (SSSR count). The molecule has 9 N–H and O–H groups in total. The number of hydroxylamine groups is 2. The average molecular weight is 856 g/mol. The minimum absolute atomic E-state index is 0.0262. The second-order valence-corrected chi connectivity index (χ2v) is 17.3. The number of urea groups is 2. The number of imide groups is 1. The van der Waals surface area contributed by atoms with Crippen LogP contribution in [0, 0.1) is 0 Å². The second kappa shape index (κ2) is 27.1. The van der Waals surface area contributed by atoms with Gasteiger partial charge in [0.2, 0.25) is 17.7 Å². The van der Waals surface area contributed by atoms with Gasteiger partial charge in [0.05, 0.1) is 24.2 Å². The molecule has 58 heavy (non-hydrogen) atoms. The van der Waals surface area contributed by atoms with Crippen molar-refractivity contribution in [1.29, 1.82) is 0 Å². The van der Waals surface area contributed by atoms with Crippen LogP contribution in [-0.2, 0) is 33.6 Å². The number of fused-ring (bicyclic) bond motifs is 2. The number of nitrogens with two attached hydrogens (primary N) is 1. The summed E-state index contributed by atoms with van der Waals surface area (Å²) in [5.41, 5.74) is 4.50. The fourth-order valence-electron chi connectivity index (χ4n) is 7.27. The largest absolute Gasteiger partial charge is 0.359 e. The third-order valence-corrected chi connectivity index (χ3v) is 13.4. The summed E-state index contributed by atoms with van der Waals surface area (Å²) in [5, 5.41) is 21.7. The van der Waals surface area contributed by atoms with Crippen molar-refractivity contribution >= 4 is 71.1 Å². The van der Waals surface area contributed by atoms with E-state index in [0.717, 1.165) is 82.1 Å². The SMILES string of the molecule is CN.CNC(=O)CCCCCNC(=O)CCCCC1SCC2NC(=O)NC21.O=C(CCCCC1SCC2NC(=O)NC21)NCCCCCC(=O)ON1C(=O)CCC1=O. The molecule has 0 aliphatic carbocycles. The summed E-state index contributed by atoms with van der Waals surface area (Å²) in [5.74, 6) is 0.590. The highest BCUT2D eigenvalue weighted by Gasteiger charge is 2.43. The molecule has 0 aromatic rings. The van der Waals surface area contributed by atoms with E-state index >= 15 is 0 Å². The predicted octanol–water partition coefficient (Wildman–Crippen LogP) is 1.71. The van der Waals surface area contributed by atoms with Crippen molar-refractivity contribution in [2.75, 3.05) is 38.7 Å². The van der Waals surface area contributed by atoms with Crippen LogP contribution in [-0.4, -0.2) is 126 Å². The van der Waals surface area contributed by atoms with E-state index in [4.69, 9.17) is 4.84 Å². The van der Waals surface area contributed by atoms with Crippen LogP contribution in [0.25, 0.3) is 0 Å². The standard InChI is InChI=1S/C20H30N4O6S.C17H30N4O3S.CH5N/c25-15(7-4-3-6-14-19-13(12-31-14)22-20(29)23-19)21-11-5-1-2-8-18(28)30-24-16(26)9-10-17(24)27;1-18-14(22)8-3-2-6-10-19-15(23)9-5-4-7-13-16-12(11-25-13)20-17(24)21-16;1-2/h13-14,19H,1-12H2,(H,21,25)(H2,22,23,29);12-13,16H,2-11H2,1H3,(H,18,22)(H,19,23)(H2,20,21,24);2H2,1H3. The molecule has 20 heteroatoms. The van der Waals surface area contributed by atoms with Crippen molar-refractivity contribution in [3.05, 3.63) is 0 Å². The molecule has 18 nitrogen and oxygen atoms in total. The maximum Gasteiger partial charge on any atom is 0.333 e. The Kier molecular flexibility index (Phi) is 22.7. The minimum Gasteiger partial charge on any atom is -0.359 e. The summed E-state index contributed by atoms with van der Waals surface area (Å²) in [6, 6.07) is 0.844. The first-order chi connectivity index (χ1) is 28.0. The second-order valence-electron chi connectivity index (χ2n) is 14.8. The topological polar surface area (TPSA) is 259 Å². The molecular formula is C38H65N9O9S2. The van der Waals surface area contributed by atoms with Gasteiger partial charge in [-0.25, -0.2) is 14.4 Å². The van der Waals surface area contributed by atoms with Gasteiger partial charge in [0.15, 0.2) is 0 Å². The third-order valence-electron chi connectivity index (χ3n) is 10.4. The van der Waals surface area contributed by atoms with E-state index in [9.17, 15) is 38.4 Å². The van der Waals surface area contributed by atoms with Crippen LogP contribution in [0.2, 0.25) is 0 Å². The van der Waals surface area contributed by atoms with Crippen molar-refractivity contribution < 1.29 is 43.2 Å². The first-order valence-electron chi connectivity index (χ1n) is 20.8. The molecule has 0 spiro atoms. The van der Waals surface area contributed by atoms with Crippen molar-refractivity contribution in [1.82, 2.24) is 42.3 Å². The summed E-state index contributed by atoms with van der Waals surface area (Å²) in [6.07, 6.45) is 12.4. The van der Waals surface area contributed by atoms with Crippen LogP contribution in [0.1, 0.15) is 116 Å². The number of nitrogens with one attached hydrogen (secondary N) is 7. The van der Waals surface area contributed by atoms with Crippen LogP contribution >= 0.6 is 23.5 Å². The number of unbranched alkanes of at least 4 members (excludes halogenated alkanes) is 6. The molecule has 5 heterocycles. The summed E-state index contributed by atoms with van der Waals surface area (Å²) in [4.78, 5) is 96.8. The van der Waals surface area contributed by atoms with Gasteiger partial charge < -0.3 is 47.8 Å².